The highest BCUT2D eigenvalue weighted by Gasteiger charge is 2.31. The van der Waals surface area contributed by atoms with Crippen LogP contribution in [0.5, 0.6) is 11.5 Å². The van der Waals surface area contributed by atoms with E-state index in [2.05, 4.69) is 14.8 Å². The number of alkyl halides is 3. The van der Waals surface area contributed by atoms with Crippen molar-refractivity contribution in [2.75, 3.05) is 6.61 Å². The number of nitrogens with one attached hydrogen (secondary N) is 1. The van der Waals surface area contributed by atoms with Crippen molar-refractivity contribution in [3.8, 4) is 22.8 Å². The average Bonchev–Trinajstić information content (AvgIpc) is 3.31. The minimum absolute atomic E-state index is 0.253. The van der Waals surface area contributed by atoms with E-state index in [4.69, 9.17) is 4.74 Å². The van der Waals surface area contributed by atoms with Gasteiger partial charge in [-0.15, -0.1) is 13.2 Å². The predicted octanol–water partition coefficient (Wildman–Crippen LogP) is 5.48. The molecule has 0 aliphatic carbocycles. The molecule has 1 N–H and O–H groups in total. The third kappa shape index (κ3) is 4.76. The van der Waals surface area contributed by atoms with Gasteiger partial charge in [-0.1, -0.05) is 0 Å². The number of aromatic amines is 1. The van der Waals surface area contributed by atoms with Crippen LogP contribution in [-0.2, 0) is 13.5 Å². The van der Waals surface area contributed by atoms with Crippen molar-refractivity contribution in [1.29, 1.82) is 0 Å². The lowest BCUT2D eigenvalue weighted by atomic mass is 10.1. The molecule has 4 rings (SSSR count). The van der Waals surface area contributed by atoms with Crippen LogP contribution in [0.1, 0.15) is 12.1 Å². The molecule has 156 valence electrons. The lowest BCUT2D eigenvalue weighted by molar-refractivity contribution is -0.274. The Hall–Kier alpha value is -3.42. The Kier molecular flexibility index (Phi) is 5.39. The molecular formula is C22H20F3N3O2. The van der Waals surface area contributed by atoms with E-state index >= 15 is 0 Å². The molecule has 0 fully saturated rings. The van der Waals surface area contributed by atoms with Gasteiger partial charge in [0, 0.05) is 36.1 Å². The summed E-state index contributed by atoms with van der Waals surface area (Å²) < 4.78 is 48.4. The number of aromatic nitrogens is 3. The maximum atomic E-state index is 12.3. The molecule has 0 saturated heterocycles. The van der Waals surface area contributed by atoms with Crippen molar-refractivity contribution in [3.05, 3.63) is 66.5 Å². The fraction of sp³-hybridized carbons (Fsp3) is 0.227. The minimum atomic E-state index is -4.70. The standard InChI is InChI=1S/C22H20F3N3O2/c1-28-17(3-2-12-29-19-9-6-16-10-11-26-20(16)14-19)13-21(27-28)15-4-7-18(8-5-15)30-22(23,24)25/h4-11,13-14,26H,2-3,12H2,1H3. The first-order chi connectivity index (χ1) is 14.4. The lowest BCUT2D eigenvalue weighted by Crippen LogP contribution is -2.16. The molecule has 30 heavy (non-hydrogen) atoms. The molecule has 0 amide bonds. The smallest absolute Gasteiger partial charge is 0.494 e. The molecule has 2 heterocycles. The Morgan fingerprint density at radius 3 is 2.53 bits per heavy atom. The summed E-state index contributed by atoms with van der Waals surface area (Å²) in [4.78, 5) is 3.16. The molecule has 2 aromatic carbocycles. The zero-order valence-corrected chi connectivity index (χ0v) is 16.2. The van der Waals surface area contributed by atoms with Crippen LogP contribution in [0.3, 0.4) is 0 Å². The summed E-state index contributed by atoms with van der Waals surface area (Å²) in [5.41, 5.74) is 3.48. The fourth-order valence-corrected chi connectivity index (χ4v) is 3.27. The first kappa shape index (κ1) is 19.9. The van der Waals surface area contributed by atoms with Crippen molar-refractivity contribution in [2.24, 2.45) is 7.05 Å². The molecule has 0 spiro atoms. The van der Waals surface area contributed by atoms with Crippen molar-refractivity contribution < 1.29 is 22.6 Å². The number of nitrogens with zero attached hydrogens (tertiary/aromatic N) is 2. The van der Waals surface area contributed by atoms with Gasteiger partial charge in [0.15, 0.2) is 0 Å². The number of hydrogen-bond donors (Lipinski definition) is 1. The molecule has 4 aromatic rings. The molecule has 0 unspecified atom stereocenters. The summed E-state index contributed by atoms with van der Waals surface area (Å²) in [6.07, 6.45) is -1.23. The van der Waals surface area contributed by atoms with Gasteiger partial charge in [0.1, 0.15) is 11.5 Å². The number of halogens is 3. The number of rotatable bonds is 7. The molecular weight excluding hydrogens is 395 g/mol. The van der Waals surface area contributed by atoms with Gasteiger partial charge in [-0.05, 0) is 66.8 Å². The van der Waals surface area contributed by atoms with E-state index in [0.717, 1.165) is 40.8 Å². The molecule has 2 aromatic heterocycles. The molecule has 0 aliphatic rings. The van der Waals surface area contributed by atoms with Gasteiger partial charge in [0.25, 0.3) is 0 Å². The van der Waals surface area contributed by atoms with Crippen LogP contribution in [0, 0.1) is 0 Å². The normalized spacial score (nSPS) is 11.7. The van der Waals surface area contributed by atoms with Crippen LogP contribution in [-0.4, -0.2) is 27.7 Å². The molecule has 0 aliphatic heterocycles. The van der Waals surface area contributed by atoms with Gasteiger partial charge in [0.2, 0.25) is 0 Å². The van der Waals surface area contributed by atoms with E-state index < -0.39 is 6.36 Å². The van der Waals surface area contributed by atoms with Crippen LogP contribution >= 0.6 is 0 Å². The van der Waals surface area contributed by atoms with E-state index in [-0.39, 0.29) is 5.75 Å². The summed E-state index contributed by atoms with van der Waals surface area (Å²) in [5, 5.41) is 5.60. The predicted molar refractivity (Wildman–Crippen MR) is 107 cm³/mol. The maximum absolute atomic E-state index is 12.3. The van der Waals surface area contributed by atoms with Crippen LogP contribution in [0.15, 0.2) is 60.8 Å². The summed E-state index contributed by atoms with van der Waals surface area (Å²) in [5.74, 6) is 0.564. The number of aryl methyl sites for hydroxylation is 2. The zero-order chi connectivity index (χ0) is 21.1. The second kappa shape index (κ2) is 8.14. The Labute approximate surface area is 171 Å². The van der Waals surface area contributed by atoms with E-state index in [1.165, 1.54) is 12.1 Å². The van der Waals surface area contributed by atoms with Crippen molar-refractivity contribution in [3.63, 3.8) is 0 Å². The van der Waals surface area contributed by atoms with E-state index in [9.17, 15) is 13.2 Å². The third-order valence-electron chi connectivity index (χ3n) is 4.73. The van der Waals surface area contributed by atoms with Crippen molar-refractivity contribution >= 4 is 10.9 Å². The average molecular weight is 415 g/mol. The summed E-state index contributed by atoms with van der Waals surface area (Å²) in [6, 6.07) is 15.6. The Balaban J connectivity index is 1.33. The number of H-pyrrole nitrogens is 1. The van der Waals surface area contributed by atoms with Gasteiger partial charge in [-0.3, -0.25) is 4.68 Å². The second-order valence-corrected chi connectivity index (χ2v) is 6.90. The molecule has 8 heteroatoms. The SMILES string of the molecule is Cn1nc(-c2ccc(OC(F)(F)F)cc2)cc1CCCOc1ccc2cc[nH]c2c1. The highest BCUT2D eigenvalue weighted by atomic mass is 19.4. The van der Waals surface area contributed by atoms with Gasteiger partial charge in [-0.2, -0.15) is 5.10 Å². The molecule has 0 atom stereocenters. The maximum Gasteiger partial charge on any atom is 0.573 e. The number of fused-ring (bicyclic) bond motifs is 1. The van der Waals surface area contributed by atoms with Crippen LogP contribution in [0.25, 0.3) is 22.2 Å². The molecule has 5 nitrogen and oxygen atoms in total. The summed E-state index contributed by atoms with van der Waals surface area (Å²) in [7, 11) is 1.85. The van der Waals surface area contributed by atoms with Gasteiger partial charge in [-0.25, -0.2) is 0 Å². The lowest BCUT2D eigenvalue weighted by Gasteiger charge is -2.08. The topological polar surface area (TPSA) is 52.1 Å². The highest BCUT2D eigenvalue weighted by Crippen LogP contribution is 2.26. The van der Waals surface area contributed by atoms with E-state index in [0.29, 0.717) is 12.3 Å². The van der Waals surface area contributed by atoms with E-state index in [1.807, 2.05) is 43.6 Å². The zero-order valence-electron chi connectivity index (χ0n) is 16.2. The summed E-state index contributed by atoms with van der Waals surface area (Å²) >= 11 is 0. The Morgan fingerprint density at radius 2 is 1.77 bits per heavy atom. The van der Waals surface area contributed by atoms with Crippen molar-refractivity contribution in [2.45, 2.75) is 19.2 Å². The Morgan fingerprint density at radius 1 is 1.00 bits per heavy atom. The van der Waals surface area contributed by atoms with Gasteiger partial charge >= 0.3 is 6.36 Å². The number of benzene rings is 2. The molecule has 0 bridgehead atoms. The highest BCUT2D eigenvalue weighted by molar-refractivity contribution is 5.80. The second-order valence-electron chi connectivity index (χ2n) is 6.90. The van der Waals surface area contributed by atoms with Gasteiger partial charge in [0.05, 0.1) is 12.3 Å². The summed E-state index contributed by atoms with van der Waals surface area (Å²) in [6.45, 7) is 0.566. The van der Waals surface area contributed by atoms with Crippen molar-refractivity contribution in [1.82, 2.24) is 14.8 Å². The Bertz CT molecular complexity index is 1130. The quantitative estimate of drug-likeness (QED) is 0.407. The third-order valence-corrected chi connectivity index (χ3v) is 4.73. The largest absolute Gasteiger partial charge is 0.573 e. The van der Waals surface area contributed by atoms with Gasteiger partial charge < -0.3 is 14.5 Å². The van der Waals surface area contributed by atoms with Crippen LogP contribution in [0.4, 0.5) is 13.2 Å². The first-order valence-corrected chi connectivity index (χ1v) is 9.46. The van der Waals surface area contributed by atoms with Crippen LogP contribution < -0.4 is 9.47 Å². The van der Waals surface area contributed by atoms with Crippen LogP contribution in [0.2, 0.25) is 0 Å². The fourth-order valence-electron chi connectivity index (χ4n) is 3.27. The number of ether oxygens (including phenoxy) is 2. The van der Waals surface area contributed by atoms with E-state index in [1.54, 1.807) is 16.8 Å². The number of hydrogen-bond acceptors (Lipinski definition) is 3. The minimum Gasteiger partial charge on any atom is -0.494 e. The molecule has 0 radical (unpaired) electrons. The molecule has 0 saturated carbocycles. The first-order valence-electron chi connectivity index (χ1n) is 9.46. The monoisotopic (exact) mass is 415 g/mol.